The van der Waals surface area contributed by atoms with E-state index in [1.165, 1.54) is 27.8 Å². The lowest BCUT2D eigenvalue weighted by Crippen LogP contribution is -2.29. The summed E-state index contributed by atoms with van der Waals surface area (Å²) in [6.07, 6.45) is 0. The Morgan fingerprint density at radius 2 is 1.14 bits per heavy atom. The fraction of sp³-hybridized carbons (Fsp3) is 0.0769. The Balaban J connectivity index is 1.24. The van der Waals surface area contributed by atoms with Crippen molar-refractivity contribution in [2.45, 2.75) is 5.41 Å². The van der Waals surface area contributed by atoms with Crippen molar-refractivity contribution < 1.29 is 14.2 Å². The largest absolute Gasteiger partial charge is 0.490 e. The molecule has 4 nitrogen and oxygen atoms in total. The third-order valence-electron chi connectivity index (χ3n) is 8.93. The van der Waals surface area contributed by atoms with Gasteiger partial charge in [-0.05, 0) is 69.8 Å². The van der Waals surface area contributed by atoms with Gasteiger partial charge in [0.1, 0.15) is 12.4 Å². The van der Waals surface area contributed by atoms with Crippen molar-refractivity contribution in [2.24, 2.45) is 0 Å². The van der Waals surface area contributed by atoms with Gasteiger partial charge < -0.3 is 19.1 Å². The molecule has 3 aliphatic rings. The van der Waals surface area contributed by atoms with Gasteiger partial charge in [0.25, 0.3) is 0 Å². The van der Waals surface area contributed by atoms with Crippen LogP contribution in [-0.2, 0) is 5.41 Å². The van der Waals surface area contributed by atoms with Crippen LogP contribution in [0.15, 0.2) is 140 Å². The molecule has 0 amide bonds. The normalized spacial score (nSPS) is 15.0. The second-order valence-corrected chi connectivity index (χ2v) is 11.1. The van der Waals surface area contributed by atoms with Crippen LogP contribution >= 0.6 is 0 Å². The fourth-order valence-electron chi connectivity index (χ4n) is 7.16. The molecule has 0 spiro atoms. The van der Waals surface area contributed by atoms with Gasteiger partial charge in [-0.25, -0.2) is 0 Å². The maximum atomic E-state index is 6.79. The molecule has 43 heavy (non-hydrogen) atoms. The number of nitrogens with zero attached hydrogens (tertiary/aromatic N) is 1. The Morgan fingerprint density at radius 1 is 0.488 bits per heavy atom. The van der Waals surface area contributed by atoms with E-state index in [0.717, 1.165) is 40.7 Å². The molecule has 4 heteroatoms. The first-order valence-corrected chi connectivity index (χ1v) is 14.7. The lowest BCUT2D eigenvalue weighted by Gasteiger charge is -2.35. The van der Waals surface area contributed by atoms with Crippen LogP contribution in [-0.4, -0.2) is 13.2 Å². The van der Waals surface area contributed by atoms with E-state index >= 15 is 0 Å². The lowest BCUT2D eigenvalue weighted by atomic mass is 9.67. The van der Waals surface area contributed by atoms with Crippen LogP contribution in [0.1, 0.15) is 22.3 Å². The Kier molecular flexibility index (Phi) is 5.20. The molecule has 0 N–H and O–H groups in total. The molecule has 2 aliphatic heterocycles. The Labute approximate surface area is 250 Å². The smallest absolute Gasteiger partial charge is 0.193 e. The molecule has 6 aromatic rings. The average molecular weight is 558 g/mol. The van der Waals surface area contributed by atoms with E-state index < -0.39 is 5.41 Å². The molecule has 0 fully saturated rings. The molecular formula is C39H27NO3. The van der Waals surface area contributed by atoms with Crippen LogP contribution in [0.25, 0.3) is 11.1 Å². The number of hydrogen-bond acceptors (Lipinski definition) is 4. The number of fused-ring (bicyclic) bond motifs is 6. The lowest BCUT2D eigenvalue weighted by molar-refractivity contribution is 0.312. The highest BCUT2D eigenvalue weighted by Gasteiger charge is 2.47. The van der Waals surface area contributed by atoms with Gasteiger partial charge >= 0.3 is 0 Å². The molecule has 0 saturated carbocycles. The van der Waals surface area contributed by atoms with Crippen LogP contribution in [0, 0.1) is 0 Å². The minimum Gasteiger partial charge on any atom is -0.490 e. The molecular weight excluding hydrogens is 530 g/mol. The first-order valence-electron chi connectivity index (χ1n) is 14.7. The number of rotatable bonds is 3. The second kappa shape index (κ2) is 9.27. The van der Waals surface area contributed by atoms with Gasteiger partial charge in [0.2, 0.25) is 0 Å². The van der Waals surface area contributed by atoms with Crippen LogP contribution < -0.4 is 19.1 Å². The van der Waals surface area contributed by atoms with Gasteiger partial charge in [0.15, 0.2) is 23.0 Å². The zero-order valence-electron chi connectivity index (χ0n) is 23.4. The number of hydrogen-bond donors (Lipinski definition) is 0. The summed E-state index contributed by atoms with van der Waals surface area (Å²) in [7, 11) is 0. The summed E-state index contributed by atoms with van der Waals surface area (Å²) < 4.78 is 19.4. The summed E-state index contributed by atoms with van der Waals surface area (Å²) in [5.41, 5.74) is 8.74. The predicted molar refractivity (Wildman–Crippen MR) is 169 cm³/mol. The third-order valence-corrected chi connectivity index (χ3v) is 8.93. The molecule has 6 aromatic carbocycles. The summed E-state index contributed by atoms with van der Waals surface area (Å²) in [4.78, 5) is 2.25. The third kappa shape index (κ3) is 3.44. The fourth-order valence-corrected chi connectivity index (χ4v) is 7.16. The molecule has 0 atom stereocenters. The zero-order valence-corrected chi connectivity index (χ0v) is 23.4. The van der Waals surface area contributed by atoms with E-state index in [2.05, 4.69) is 114 Å². The summed E-state index contributed by atoms with van der Waals surface area (Å²) >= 11 is 0. The molecule has 0 saturated heterocycles. The maximum absolute atomic E-state index is 6.79. The van der Waals surface area contributed by atoms with Crippen LogP contribution in [0.2, 0.25) is 0 Å². The SMILES string of the molecule is c1ccc(C2(c3ccccc3)c3ccccc3-c3cc4c(cc32)Oc2cccc(N3CCOc5ccccc53)c2O4)cc1. The highest BCUT2D eigenvalue weighted by molar-refractivity contribution is 5.89. The van der Waals surface area contributed by atoms with E-state index in [9.17, 15) is 0 Å². The van der Waals surface area contributed by atoms with Gasteiger partial charge in [-0.15, -0.1) is 0 Å². The second-order valence-electron chi connectivity index (χ2n) is 11.1. The highest BCUT2D eigenvalue weighted by atomic mass is 16.6. The molecule has 9 rings (SSSR count). The molecule has 0 radical (unpaired) electrons. The van der Waals surface area contributed by atoms with E-state index in [1.807, 2.05) is 30.3 Å². The van der Waals surface area contributed by atoms with Gasteiger partial charge in [0.05, 0.1) is 23.3 Å². The quantitative estimate of drug-likeness (QED) is 0.216. The summed E-state index contributed by atoms with van der Waals surface area (Å²) in [5.74, 6) is 3.72. The Hall–Kier alpha value is -5.48. The molecule has 1 aliphatic carbocycles. The topological polar surface area (TPSA) is 30.9 Å². The van der Waals surface area contributed by atoms with E-state index in [-0.39, 0.29) is 0 Å². The van der Waals surface area contributed by atoms with Crippen molar-refractivity contribution in [1.82, 2.24) is 0 Å². The number of para-hydroxylation sites is 3. The number of benzene rings is 6. The molecule has 206 valence electrons. The standard InChI is InChI=1S/C39H27NO3/c1-3-12-26(13-4-1)39(27-14-5-2-6-15-27)30-17-8-7-16-28(30)29-24-36-37(25-31(29)39)42-35-21-11-19-33(38(35)43-36)40-22-23-41-34-20-10-9-18-32(34)40/h1-21,24-25H,22-23H2. The number of anilines is 2. The van der Waals surface area contributed by atoms with Crippen molar-refractivity contribution in [3.63, 3.8) is 0 Å². The van der Waals surface area contributed by atoms with Crippen molar-refractivity contribution in [1.29, 1.82) is 0 Å². The van der Waals surface area contributed by atoms with Gasteiger partial charge in [-0.2, -0.15) is 0 Å². The summed E-state index contributed by atoms with van der Waals surface area (Å²) in [5, 5.41) is 0. The summed E-state index contributed by atoms with van der Waals surface area (Å²) in [6, 6.07) is 48.9. The predicted octanol–water partition coefficient (Wildman–Crippen LogP) is 9.48. The van der Waals surface area contributed by atoms with Crippen molar-refractivity contribution in [3.8, 4) is 39.9 Å². The van der Waals surface area contributed by atoms with Crippen molar-refractivity contribution in [2.75, 3.05) is 18.1 Å². The minimum atomic E-state index is -0.494. The van der Waals surface area contributed by atoms with E-state index in [4.69, 9.17) is 14.2 Å². The monoisotopic (exact) mass is 557 g/mol. The van der Waals surface area contributed by atoms with Crippen molar-refractivity contribution >= 4 is 11.4 Å². The van der Waals surface area contributed by atoms with Crippen LogP contribution in [0.3, 0.4) is 0 Å². The zero-order chi connectivity index (χ0) is 28.4. The first kappa shape index (κ1) is 24.2. The highest BCUT2D eigenvalue weighted by Crippen LogP contribution is 2.60. The Bertz CT molecular complexity index is 1980. The molecule has 0 aromatic heterocycles. The molecule has 0 unspecified atom stereocenters. The maximum Gasteiger partial charge on any atom is 0.193 e. The van der Waals surface area contributed by atoms with E-state index in [0.29, 0.717) is 18.1 Å². The first-order chi connectivity index (χ1) is 21.3. The molecule has 2 heterocycles. The van der Waals surface area contributed by atoms with Gasteiger partial charge in [0, 0.05) is 0 Å². The molecule has 0 bridgehead atoms. The van der Waals surface area contributed by atoms with Gasteiger partial charge in [-0.3, -0.25) is 0 Å². The minimum absolute atomic E-state index is 0.494. The number of ether oxygens (including phenoxy) is 3. The average Bonchev–Trinajstić information content (AvgIpc) is 3.36. The van der Waals surface area contributed by atoms with Crippen molar-refractivity contribution in [3.05, 3.63) is 162 Å². The van der Waals surface area contributed by atoms with Crippen LogP contribution in [0.5, 0.6) is 28.7 Å². The van der Waals surface area contributed by atoms with Crippen LogP contribution in [0.4, 0.5) is 11.4 Å². The Morgan fingerprint density at radius 3 is 1.95 bits per heavy atom. The van der Waals surface area contributed by atoms with E-state index in [1.54, 1.807) is 0 Å². The van der Waals surface area contributed by atoms with Gasteiger partial charge in [-0.1, -0.05) is 103 Å². The summed E-state index contributed by atoms with van der Waals surface area (Å²) in [6.45, 7) is 1.32.